The maximum atomic E-state index is 9.91. The molecule has 4 heterocycles. The van der Waals surface area contributed by atoms with Gasteiger partial charge in [0.15, 0.2) is 0 Å². The second kappa shape index (κ2) is 24.0. The SMILES string of the molecule is Clc1ccccc1-c1n[s+][n-][s+]1.Clc1ccccc1-c1n[s+][n-][s+]1.Clc1ccccc1-c1n[s+][n-][s+]1.Clc1ccccc1-c1n[s+][n-][s+]1.F[As-](F)(F)(F)(F)F.F[As-](F)(F)(F)(F)F.F[As-](F)(F)(F)(F)F.F[As-](F)(F)(F)(F)F. The van der Waals surface area contributed by atoms with Crippen molar-refractivity contribution in [3.63, 3.8) is 0 Å². The van der Waals surface area contributed by atoms with Gasteiger partial charge in [-0.15, -0.1) is 17.5 Å². The zero-order valence-electron chi connectivity index (χ0n) is 34.5. The zero-order valence-corrected chi connectivity index (χ0v) is 51.5. The monoisotopic (exact) mass is 1620 g/mol. The summed E-state index contributed by atoms with van der Waals surface area (Å²) in [7, 11) is 0. The van der Waals surface area contributed by atoms with E-state index >= 15 is 0 Å². The van der Waals surface area contributed by atoms with Crippen LogP contribution in [0, 0.1) is 0 Å². The molecule has 0 aliphatic rings. The second-order valence-electron chi connectivity index (χ2n) is 12.3. The quantitative estimate of drug-likeness (QED) is 0.0974. The zero-order chi connectivity index (χ0) is 59.2. The molecule has 0 atom stereocenters. The number of rotatable bonds is 4. The molecule has 4 aromatic carbocycles. The molecular formula is C28H16As4Cl4F24N8S8. The summed E-state index contributed by atoms with van der Waals surface area (Å²) in [4.78, 5) is 0. The van der Waals surface area contributed by atoms with Gasteiger partial charge in [-0.25, -0.2) is 0 Å². The summed E-state index contributed by atoms with van der Waals surface area (Å²) in [5, 5.41) is 6.42. The van der Waals surface area contributed by atoms with Gasteiger partial charge in [0.05, 0.1) is 42.3 Å². The summed E-state index contributed by atoms with van der Waals surface area (Å²) in [5.74, 6) is 0. The summed E-state index contributed by atoms with van der Waals surface area (Å²) in [6.07, 6.45) is 0. The molecule has 0 unspecified atom stereocenters. The molecule has 432 valence electrons. The van der Waals surface area contributed by atoms with Crippen LogP contribution in [0.4, 0.5) is 83.2 Å². The Kier molecular flexibility index (Phi) is 22.8. The molecule has 0 radical (unpaired) electrons. The van der Waals surface area contributed by atoms with Gasteiger partial charge in [-0.05, 0) is 48.5 Å². The first-order chi connectivity index (χ1) is 33.3. The van der Waals surface area contributed by atoms with Crippen molar-refractivity contribution in [2.75, 3.05) is 0 Å². The first kappa shape index (κ1) is 72.2. The summed E-state index contributed by atoms with van der Waals surface area (Å²) >= 11 is -10.1. The molecular weight excluding hydrogens is 1600 g/mol. The molecule has 8 rings (SSSR count). The number of hydrogen-bond donors (Lipinski definition) is 0. The predicted octanol–water partition coefficient (Wildman–Crippen LogP) is 20.7. The van der Waals surface area contributed by atoms with Crippen LogP contribution in [0.1, 0.15) is 0 Å². The predicted molar refractivity (Wildman–Crippen MR) is 260 cm³/mol. The van der Waals surface area contributed by atoms with E-state index in [-0.39, 0.29) is 0 Å². The average molecular weight is 1620 g/mol. The van der Waals surface area contributed by atoms with E-state index in [1.54, 1.807) is 0 Å². The Labute approximate surface area is 466 Å². The van der Waals surface area contributed by atoms with Crippen molar-refractivity contribution in [3.05, 3.63) is 117 Å². The third kappa shape index (κ3) is 49.3. The first-order valence-corrected chi connectivity index (χ1v) is 41.6. The van der Waals surface area contributed by atoms with E-state index < -0.39 is 56.7 Å². The van der Waals surface area contributed by atoms with Gasteiger partial charge in [-0.1, -0.05) is 94.9 Å². The summed E-state index contributed by atoms with van der Waals surface area (Å²) in [6.45, 7) is 0. The van der Waals surface area contributed by atoms with Crippen LogP contribution in [0.5, 0.6) is 0 Å². The van der Waals surface area contributed by atoms with Gasteiger partial charge in [0.2, 0.25) is 0 Å². The van der Waals surface area contributed by atoms with Crippen LogP contribution < -0.4 is 15.1 Å². The number of halogens is 28. The van der Waals surface area contributed by atoms with Crippen molar-refractivity contribution in [1.82, 2.24) is 32.5 Å². The van der Waals surface area contributed by atoms with Crippen LogP contribution in [-0.4, -0.2) is 74.2 Å². The molecule has 0 amide bonds. The molecule has 4 aromatic heterocycles. The minimum atomic E-state index is -11.1. The van der Waals surface area contributed by atoms with E-state index in [1.165, 1.54) is 93.0 Å². The van der Waals surface area contributed by atoms with Gasteiger partial charge >= 0.3 is 233 Å². The topological polar surface area (TPSA) is 108 Å². The van der Waals surface area contributed by atoms with Gasteiger partial charge in [0, 0.05) is 0 Å². The van der Waals surface area contributed by atoms with Crippen molar-refractivity contribution >= 4 is 196 Å². The molecule has 8 aromatic rings. The fourth-order valence-electron chi connectivity index (χ4n) is 3.42. The van der Waals surface area contributed by atoms with Gasteiger partial charge in [0.25, 0.3) is 20.0 Å². The third-order valence-electron chi connectivity index (χ3n) is 5.54. The van der Waals surface area contributed by atoms with Gasteiger partial charge in [-0.2, -0.15) is 0 Å². The van der Waals surface area contributed by atoms with Crippen LogP contribution in [0.25, 0.3) is 42.3 Å². The minimum absolute atomic E-state index is 0.724. The van der Waals surface area contributed by atoms with Crippen molar-refractivity contribution < 1.29 is 83.2 Å². The summed E-state index contributed by atoms with van der Waals surface area (Å²) in [6, 6.07) is 30.5. The normalized spacial score (nSPS) is 14.9. The number of benzene rings is 4. The van der Waals surface area contributed by atoms with E-state index in [1.807, 2.05) is 97.1 Å². The molecule has 0 fully saturated rings. The van der Waals surface area contributed by atoms with E-state index in [4.69, 9.17) is 46.4 Å². The van der Waals surface area contributed by atoms with Crippen LogP contribution >= 0.6 is 139 Å². The van der Waals surface area contributed by atoms with Gasteiger partial charge < -0.3 is 0 Å². The fraction of sp³-hybridized carbons (Fsp3) is 0. The Morgan fingerprint density at radius 2 is 0.395 bits per heavy atom. The van der Waals surface area contributed by atoms with Crippen molar-refractivity contribution in [2.24, 2.45) is 0 Å². The van der Waals surface area contributed by atoms with Crippen LogP contribution in [-0.2, 0) is 0 Å². The van der Waals surface area contributed by atoms with Crippen molar-refractivity contribution in [3.8, 4) is 42.3 Å². The Morgan fingerprint density at radius 1 is 0.263 bits per heavy atom. The summed E-state index contributed by atoms with van der Waals surface area (Å²) in [5.41, 5.74) is 3.83. The molecule has 48 heteroatoms. The maximum absolute atomic E-state index is 11.1. The van der Waals surface area contributed by atoms with E-state index in [0.29, 0.717) is 0 Å². The Hall–Kier alpha value is -1.77. The van der Waals surface area contributed by atoms with E-state index in [2.05, 4.69) is 32.5 Å². The number of aromatic nitrogens is 8. The van der Waals surface area contributed by atoms with E-state index in [9.17, 15) is 83.2 Å². The molecule has 8 nitrogen and oxygen atoms in total. The molecule has 0 saturated heterocycles. The standard InChI is InChI=1S/4C7H4ClN2S2.4AsF6/c4*8-6-4-2-1-3-5(6)7-9-12-10-11-7;4*2-1(3,4,5,6)7/h4*1-4H;;;;/q4*+1;4*-1. The van der Waals surface area contributed by atoms with Crippen LogP contribution in [0.2, 0.25) is 20.1 Å². The van der Waals surface area contributed by atoms with E-state index in [0.717, 1.165) is 62.4 Å². The first-order valence-electron chi connectivity index (χ1n) is 17.0. The Morgan fingerprint density at radius 3 is 0.500 bits per heavy atom. The van der Waals surface area contributed by atoms with Crippen LogP contribution in [0.3, 0.4) is 0 Å². The number of hydrogen-bond acceptors (Lipinski definition) is 4. The molecule has 0 bridgehead atoms. The fourth-order valence-corrected chi connectivity index (χ4v) is 9.47. The molecule has 0 aliphatic carbocycles. The van der Waals surface area contributed by atoms with Crippen molar-refractivity contribution in [1.29, 1.82) is 0 Å². The van der Waals surface area contributed by atoms with Gasteiger partial charge in [-0.3, -0.25) is 0 Å². The molecule has 0 N–H and O–H groups in total. The molecule has 0 spiro atoms. The van der Waals surface area contributed by atoms with Gasteiger partial charge in [0.1, 0.15) is 15.1 Å². The number of nitrogens with zero attached hydrogens (tertiary/aromatic N) is 8. The molecule has 76 heavy (non-hydrogen) atoms. The summed E-state index contributed by atoms with van der Waals surface area (Å²) < 4.78 is 270. The Bertz CT molecular complexity index is 2610. The Balaban J connectivity index is 0.000000441. The second-order valence-corrected chi connectivity index (χ2v) is 36.1. The van der Waals surface area contributed by atoms with Crippen LogP contribution in [0.15, 0.2) is 97.1 Å². The third-order valence-corrected chi connectivity index (χ3v) is 12.6. The molecule has 0 saturated carbocycles. The average Bonchev–Trinajstić information content (AvgIpc) is 4.04. The molecule has 0 aliphatic heterocycles. The van der Waals surface area contributed by atoms with Crippen molar-refractivity contribution in [2.45, 2.75) is 0 Å².